The van der Waals surface area contributed by atoms with Gasteiger partial charge in [0.25, 0.3) is 0 Å². The fraction of sp³-hybridized carbons (Fsp3) is 1.00. The minimum Gasteiger partial charge on any atom is -0.314 e. The molecule has 82 valence electrons. The third-order valence-corrected chi connectivity index (χ3v) is 4.85. The largest absolute Gasteiger partial charge is 0.314 e. The monoisotopic (exact) mass is 214 g/mol. The van der Waals surface area contributed by atoms with Gasteiger partial charge < -0.3 is 5.32 Å². The lowest BCUT2D eigenvalue weighted by molar-refractivity contribution is 0.190. The second kappa shape index (κ2) is 4.86. The average molecular weight is 214 g/mol. The molecule has 14 heavy (non-hydrogen) atoms. The highest BCUT2D eigenvalue weighted by molar-refractivity contribution is 7.99. The van der Waals surface area contributed by atoms with Crippen molar-refractivity contribution in [1.82, 2.24) is 10.2 Å². The molecule has 0 amide bonds. The lowest BCUT2D eigenvalue weighted by Crippen LogP contribution is -2.44. The van der Waals surface area contributed by atoms with Crippen LogP contribution in [0.25, 0.3) is 0 Å². The van der Waals surface area contributed by atoms with Crippen molar-refractivity contribution < 1.29 is 0 Å². The molecule has 2 rings (SSSR count). The first-order valence-electron chi connectivity index (χ1n) is 5.82. The molecule has 1 N–H and O–H groups in total. The molecule has 0 aromatic heterocycles. The van der Waals surface area contributed by atoms with Crippen LogP contribution in [0.5, 0.6) is 0 Å². The topological polar surface area (TPSA) is 15.3 Å². The molecule has 3 unspecified atom stereocenters. The minimum atomic E-state index is 0.733. The van der Waals surface area contributed by atoms with Gasteiger partial charge in [-0.1, -0.05) is 0 Å². The molecule has 3 heteroatoms. The van der Waals surface area contributed by atoms with Gasteiger partial charge in [-0.25, -0.2) is 0 Å². The maximum absolute atomic E-state index is 3.54. The molecule has 0 aliphatic carbocycles. The number of nitrogens with zero attached hydrogens (tertiary/aromatic N) is 1. The SMILES string of the molecule is CC1NCCC1CN1CCSCC1C. The van der Waals surface area contributed by atoms with Crippen LogP contribution in [-0.2, 0) is 0 Å². The van der Waals surface area contributed by atoms with Crippen LogP contribution < -0.4 is 5.32 Å². The summed E-state index contributed by atoms with van der Waals surface area (Å²) >= 11 is 2.11. The lowest BCUT2D eigenvalue weighted by atomic mass is 10.0. The first-order chi connectivity index (χ1) is 6.77. The van der Waals surface area contributed by atoms with Crippen molar-refractivity contribution >= 4 is 11.8 Å². The van der Waals surface area contributed by atoms with Crippen LogP contribution in [0.4, 0.5) is 0 Å². The standard InChI is InChI=1S/C11H22N2S/c1-9-8-14-6-5-13(9)7-11-3-4-12-10(11)2/h9-12H,3-8H2,1-2H3. The number of rotatable bonds is 2. The molecular formula is C11H22N2S. The summed E-state index contributed by atoms with van der Waals surface area (Å²) < 4.78 is 0. The van der Waals surface area contributed by atoms with Crippen molar-refractivity contribution in [2.75, 3.05) is 31.1 Å². The lowest BCUT2D eigenvalue weighted by Gasteiger charge is -2.35. The third kappa shape index (κ3) is 2.44. The predicted molar refractivity (Wildman–Crippen MR) is 63.9 cm³/mol. The second-order valence-corrected chi connectivity index (χ2v) is 5.86. The van der Waals surface area contributed by atoms with Gasteiger partial charge in [0.15, 0.2) is 0 Å². The van der Waals surface area contributed by atoms with Gasteiger partial charge in [0.05, 0.1) is 0 Å². The maximum atomic E-state index is 3.54. The molecule has 2 aliphatic rings. The molecule has 2 saturated heterocycles. The summed E-state index contributed by atoms with van der Waals surface area (Å²) in [4.78, 5) is 2.69. The molecule has 2 heterocycles. The van der Waals surface area contributed by atoms with Crippen molar-refractivity contribution in [2.45, 2.75) is 32.4 Å². The van der Waals surface area contributed by atoms with Crippen LogP contribution in [0, 0.1) is 5.92 Å². The predicted octanol–water partition coefficient (Wildman–Crippen LogP) is 1.42. The van der Waals surface area contributed by atoms with E-state index >= 15 is 0 Å². The Balaban J connectivity index is 1.83. The van der Waals surface area contributed by atoms with E-state index in [9.17, 15) is 0 Å². The Morgan fingerprint density at radius 1 is 1.43 bits per heavy atom. The summed E-state index contributed by atoms with van der Waals surface area (Å²) in [6.45, 7) is 8.55. The highest BCUT2D eigenvalue weighted by Gasteiger charge is 2.27. The molecule has 0 saturated carbocycles. The van der Waals surface area contributed by atoms with Gasteiger partial charge in [0.1, 0.15) is 0 Å². The van der Waals surface area contributed by atoms with Crippen molar-refractivity contribution in [3.63, 3.8) is 0 Å². The van der Waals surface area contributed by atoms with E-state index in [0.717, 1.165) is 18.0 Å². The van der Waals surface area contributed by atoms with Gasteiger partial charge in [-0.05, 0) is 32.7 Å². The molecule has 0 aromatic rings. The zero-order valence-electron chi connectivity index (χ0n) is 9.33. The Bertz CT molecular complexity index is 186. The minimum absolute atomic E-state index is 0.733. The van der Waals surface area contributed by atoms with Gasteiger partial charge in [0, 0.05) is 36.7 Å². The van der Waals surface area contributed by atoms with Crippen LogP contribution in [0.2, 0.25) is 0 Å². The molecule has 3 atom stereocenters. The molecule has 0 spiro atoms. The first-order valence-corrected chi connectivity index (χ1v) is 6.98. The molecular weight excluding hydrogens is 192 g/mol. The van der Waals surface area contributed by atoms with E-state index in [0.29, 0.717) is 0 Å². The van der Waals surface area contributed by atoms with Crippen molar-refractivity contribution in [3.8, 4) is 0 Å². The van der Waals surface area contributed by atoms with Crippen LogP contribution in [-0.4, -0.2) is 48.1 Å². The number of hydrogen-bond acceptors (Lipinski definition) is 3. The number of nitrogens with one attached hydrogen (secondary N) is 1. The highest BCUT2D eigenvalue weighted by atomic mass is 32.2. The Morgan fingerprint density at radius 2 is 2.29 bits per heavy atom. The Hall–Kier alpha value is 0.270. The van der Waals surface area contributed by atoms with Gasteiger partial charge in [-0.15, -0.1) is 0 Å². The third-order valence-electron chi connectivity index (χ3n) is 3.66. The average Bonchev–Trinajstić information content (AvgIpc) is 2.56. The fourth-order valence-corrected chi connectivity index (χ4v) is 3.58. The fourth-order valence-electron chi connectivity index (χ4n) is 2.50. The van der Waals surface area contributed by atoms with Crippen molar-refractivity contribution in [3.05, 3.63) is 0 Å². The molecule has 2 aliphatic heterocycles. The summed E-state index contributed by atoms with van der Waals surface area (Å²) in [6, 6.07) is 1.53. The van der Waals surface area contributed by atoms with E-state index in [1.165, 1.54) is 37.6 Å². The van der Waals surface area contributed by atoms with E-state index in [2.05, 4.69) is 35.8 Å². The summed E-state index contributed by atoms with van der Waals surface area (Å²) in [5, 5.41) is 3.54. The first kappa shape index (κ1) is 10.8. The number of hydrogen-bond donors (Lipinski definition) is 1. The Labute approximate surface area is 91.8 Å². The van der Waals surface area contributed by atoms with Crippen LogP contribution in [0.3, 0.4) is 0 Å². The van der Waals surface area contributed by atoms with E-state index in [1.807, 2.05) is 0 Å². The molecule has 0 bridgehead atoms. The van der Waals surface area contributed by atoms with Crippen LogP contribution >= 0.6 is 11.8 Å². The zero-order chi connectivity index (χ0) is 9.97. The van der Waals surface area contributed by atoms with Gasteiger partial charge in [-0.3, -0.25) is 4.90 Å². The highest BCUT2D eigenvalue weighted by Crippen LogP contribution is 2.21. The summed E-state index contributed by atoms with van der Waals surface area (Å²) in [7, 11) is 0. The van der Waals surface area contributed by atoms with Gasteiger partial charge in [-0.2, -0.15) is 11.8 Å². The second-order valence-electron chi connectivity index (χ2n) is 4.71. The Kier molecular flexibility index (Phi) is 3.74. The summed E-state index contributed by atoms with van der Waals surface area (Å²) in [6.07, 6.45) is 1.37. The van der Waals surface area contributed by atoms with E-state index in [-0.39, 0.29) is 0 Å². The maximum Gasteiger partial charge on any atom is 0.0158 e. The van der Waals surface area contributed by atoms with Crippen molar-refractivity contribution in [2.24, 2.45) is 5.92 Å². The quantitative estimate of drug-likeness (QED) is 0.748. The van der Waals surface area contributed by atoms with Crippen molar-refractivity contribution in [1.29, 1.82) is 0 Å². The molecule has 2 nitrogen and oxygen atoms in total. The van der Waals surface area contributed by atoms with E-state index in [4.69, 9.17) is 0 Å². The van der Waals surface area contributed by atoms with Crippen LogP contribution in [0.15, 0.2) is 0 Å². The summed E-state index contributed by atoms with van der Waals surface area (Å²) in [5.41, 5.74) is 0. The van der Waals surface area contributed by atoms with Crippen LogP contribution in [0.1, 0.15) is 20.3 Å². The normalized spacial score (nSPS) is 40.3. The molecule has 0 aromatic carbocycles. The van der Waals surface area contributed by atoms with E-state index < -0.39 is 0 Å². The smallest absolute Gasteiger partial charge is 0.0158 e. The molecule has 2 fully saturated rings. The number of thioether (sulfide) groups is 1. The van der Waals surface area contributed by atoms with E-state index in [1.54, 1.807) is 0 Å². The molecule has 0 radical (unpaired) electrons. The summed E-state index contributed by atoms with van der Waals surface area (Å²) in [5.74, 6) is 3.55. The zero-order valence-corrected chi connectivity index (χ0v) is 10.1. The van der Waals surface area contributed by atoms with Gasteiger partial charge >= 0.3 is 0 Å². The van der Waals surface area contributed by atoms with Gasteiger partial charge in [0.2, 0.25) is 0 Å². The Morgan fingerprint density at radius 3 is 2.93 bits per heavy atom.